The van der Waals surface area contributed by atoms with Gasteiger partial charge >= 0.3 is 0 Å². The Morgan fingerprint density at radius 1 is 1.40 bits per heavy atom. The van der Waals surface area contributed by atoms with Gasteiger partial charge in [0.1, 0.15) is 5.51 Å². The van der Waals surface area contributed by atoms with Crippen LogP contribution in [0.5, 0.6) is 0 Å². The minimum atomic E-state index is -0.124. The molecular formula is C11H13N5O2S2. The first-order chi connectivity index (χ1) is 9.81. The molecule has 2 aromatic heterocycles. The average molecular weight is 311 g/mol. The summed E-state index contributed by atoms with van der Waals surface area (Å²) in [6, 6.07) is 0. The molecule has 0 spiro atoms. The molecule has 0 saturated carbocycles. The van der Waals surface area contributed by atoms with E-state index in [4.69, 9.17) is 4.74 Å². The van der Waals surface area contributed by atoms with E-state index in [1.165, 1.54) is 11.3 Å². The summed E-state index contributed by atoms with van der Waals surface area (Å²) in [5, 5.41) is 13.5. The van der Waals surface area contributed by atoms with E-state index in [1.54, 1.807) is 16.8 Å². The normalized spacial score (nSPS) is 15.3. The fraction of sp³-hybridized carbons (Fsp3) is 0.455. The van der Waals surface area contributed by atoms with Gasteiger partial charge in [-0.3, -0.25) is 4.79 Å². The first kappa shape index (κ1) is 13.4. The van der Waals surface area contributed by atoms with Crippen LogP contribution in [0.4, 0.5) is 10.3 Å². The highest BCUT2D eigenvalue weighted by Crippen LogP contribution is 2.22. The number of amides is 1. The number of rotatable bonds is 4. The number of hydrogen-bond donors (Lipinski definition) is 1. The van der Waals surface area contributed by atoms with Crippen molar-refractivity contribution in [2.45, 2.75) is 6.42 Å². The molecule has 20 heavy (non-hydrogen) atoms. The molecule has 0 aromatic carbocycles. The van der Waals surface area contributed by atoms with Gasteiger partial charge in [0.2, 0.25) is 11.0 Å². The fourth-order valence-corrected chi connectivity index (χ4v) is 3.17. The van der Waals surface area contributed by atoms with Crippen molar-refractivity contribution < 1.29 is 9.53 Å². The summed E-state index contributed by atoms with van der Waals surface area (Å²) >= 11 is 2.86. The van der Waals surface area contributed by atoms with Crippen molar-refractivity contribution in [1.82, 2.24) is 15.2 Å². The Morgan fingerprint density at radius 3 is 3.00 bits per heavy atom. The van der Waals surface area contributed by atoms with Gasteiger partial charge in [-0.05, 0) is 0 Å². The summed E-state index contributed by atoms with van der Waals surface area (Å²) in [5.41, 5.74) is 2.35. The molecule has 3 heterocycles. The highest BCUT2D eigenvalue weighted by atomic mass is 32.1. The van der Waals surface area contributed by atoms with Crippen molar-refractivity contribution in [1.29, 1.82) is 0 Å². The van der Waals surface area contributed by atoms with Gasteiger partial charge in [0.25, 0.3) is 0 Å². The van der Waals surface area contributed by atoms with E-state index >= 15 is 0 Å². The van der Waals surface area contributed by atoms with Gasteiger partial charge in [-0.15, -0.1) is 21.5 Å². The van der Waals surface area contributed by atoms with Gasteiger partial charge in [-0.1, -0.05) is 11.3 Å². The van der Waals surface area contributed by atoms with Crippen LogP contribution in [0.15, 0.2) is 10.9 Å². The molecule has 9 heteroatoms. The minimum absolute atomic E-state index is 0.124. The molecule has 0 atom stereocenters. The molecule has 1 saturated heterocycles. The maximum absolute atomic E-state index is 11.8. The van der Waals surface area contributed by atoms with Crippen LogP contribution in [0.3, 0.4) is 0 Å². The van der Waals surface area contributed by atoms with Gasteiger partial charge in [-0.2, -0.15) is 0 Å². The third kappa shape index (κ3) is 3.30. The Bertz CT molecular complexity index is 565. The second-order valence-corrected chi connectivity index (χ2v) is 5.86. The lowest BCUT2D eigenvalue weighted by Gasteiger charge is -2.26. The number of anilines is 2. The SMILES string of the molecule is O=C(Cc1csc(N2CCOCC2)n1)Nc1nncs1. The van der Waals surface area contributed by atoms with Gasteiger partial charge < -0.3 is 15.0 Å². The first-order valence-corrected chi connectivity index (χ1v) is 7.90. The number of aromatic nitrogens is 3. The predicted molar refractivity (Wildman–Crippen MR) is 77.4 cm³/mol. The monoisotopic (exact) mass is 311 g/mol. The highest BCUT2D eigenvalue weighted by molar-refractivity contribution is 7.14. The van der Waals surface area contributed by atoms with Crippen LogP contribution in [-0.2, 0) is 16.0 Å². The second kappa shape index (κ2) is 6.25. The average Bonchev–Trinajstić information content (AvgIpc) is 3.11. The molecule has 2 aromatic rings. The molecule has 106 valence electrons. The van der Waals surface area contributed by atoms with Crippen molar-refractivity contribution >= 4 is 38.8 Å². The van der Waals surface area contributed by atoms with E-state index in [9.17, 15) is 4.79 Å². The summed E-state index contributed by atoms with van der Waals surface area (Å²) < 4.78 is 5.31. The quantitative estimate of drug-likeness (QED) is 0.908. The molecule has 1 N–H and O–H groups in total. The molecular weight excluding hydrogens is 298 g/mol. The fourth-order valence-electron chi connectivity index (χ4n) is 1.83. The Hall–Kier alpha value is -1.58. The van der Waals surface area contributed by atoms with Gasteiger partial charge in [0.05, 0.1) is 25.3 Å². The molecule has 0 aliphatic carbocycles. The highest BCUT2D eigenvalue weighted by Gasteiger charge is 2.16. The number of hydrogen-bond acceptors (Lipinski definition) is 8. The number of nitrogens with one attached hydrogen (secondary N) is 1. The molecule has 0 bridgehead atoms. The van der Waals surface area contributed by atoms with E-state index in [1.807, 2.05) is 5.38 Å². The van der Waals surface area contributed by atoms with E-state index in [2.05, 4.69) is 25.4 Å². The molecule has 1 amide bonds. The molecule has 0 unspecified atom stereocenters. The lowest BCUT2D eigenvalue weighted by atomic mass is 10.3. The number of carbonyl (C=O) groups excluding carboxylic acids is 1. The zero-order valence-corrected chi connectivity index (χ0v) is 12.2. The van der Waals surface area contributed by atoms with Crippen LogP contribution in [0, 0.1) is 0 Å². The summed E-state index contributed by atoms with van der Waals surface area (Å²) in [5.74, 6) is -0.124. The zero-order chi connectivity index (χ0) is 13.8. The molecule has 1 fully saturated rings. The van der Waals surface area contributed by atoms with Crippen LogP contribution >= 0.6 is 22.7 Å². The predicted octanol–water partition coefficient (Wildman–Crippen LogP) is 1.01. The van der Waals surface area contributed by atoms with Crippen LogP contribution in [0.25, 0.3) is 0 Å². The lowest BCUT2D eigenvalue weighted by Crippen LogP contribution is -2.36. The zero-order valence-electron chi connectivity index (χ0n) is 10.6. The van der Waals surface area contributed by atoms with Crippen molar-refractivity contribution in [2.75, 3.05) is 36.5 Å². The van der Waals surface area contributed by atoms with E-state index in [0.717, 1.165) is 37.1 Å². The Kier molecular flexibility index (Phi) is 4.19. The molecule has 1 aliphatic rings. The smallest absolute Gasteiger partial charge is 0.232 e. The van der Waals surface area contributed by atoms with Crippen molar-refractivity contribution in [3.63, 3.8) is 0 Å². The molecule has 3 rings (SSSR count). The summed E-state index contributed by atoms with van der Waals surface area (Å²) in [4.78, 5) is 18.5. The van der Waals surface area contributed by atoms with Gasteiger partial charge in [0, 0.05) is 18.5 Å². The number of carbonyl (C=O) groups is 1. The number of morpholine rings is 1. The third-order valence-electron chi connectivity index (χ3n) is 2.77. The maximum atomic E-state index is 11.8. The van der Waals surface area contributed by atoms with Crippen LogP contribution < -0.4 is 10.2 Å². The summed E-state index contributed by atoms with van der Waals surface area (Å²) in [7, 11) is 0. The number of nitrogens with zero attached hydrogens (tertiary/aromatic N) is 4. The Labute approximate surface area is 123 Å². The van der Waals surface area contributed by atoms with E-state index in [-0.39, 0.29) is 12.3 Å². The van der Waals surface area contributed by atoms with Crippen molar-refractivity contribution in [3.8, 4) is 0 Å². The second-order valence-electron chi connectivity index (χ2n) is 4.19. The maximum Gasteiger partial charge on any atom is 0.232 e. The minimum Gasteiger partial charge on any atom is -0.378 e. The third-order valence-corrected chi connectivity index (χ3v) is 4.33. The van der Waals surface area contributed by atoms with E-state index in [0.29, 0.717) is 5.13 Å². The Balaban J connectivity index is 1.57. The largest absolute Gasteiger partial charge is 0.378 e. The van der Waals surface area contributed by atoms with Crippen LogP contribution in [-0.4, -0.2) is 47.4 Å². The van der Waals surface area contributed by atoms with Crippen LogP contribution in [0.1, 0.15) is 5.69 Å². The molecule has 1 aliphatic heterocycles. The lowest BCUT2D eigenvalue weighted by molar-refractivity contribution is -0.115. The number of thiazole rings is 1. The topological polar surface area (TPSA) is 80.2 Å². The standard InChI is InChI=1S/C11H13N5O2S2/c17-9(14-10-15-12-7-20-10)5-8-6-19-11(13-8)16-1-3-18-4-2-16/h6-7H,1-5H2,(H,14,15,17). The number of ether oxygens (including phenoxy) is 1. The van der Waals surface area contributed by atoms with Gasteiger partial charge in [0.15, 0.2) is 5.13 Å². The summed E-state index contributed by atoms with van der Waals surface area (Å²) in [6.45, 7) is 3.16. The Morgan fingerprint density at radius 2 is 2.25 bits per heavy atom. The van der Waals surface area contributed by atoms with Crippen LogP contribution in [0.2, 0.25) is 0 Å². The first-order valence-electron chi connectivity index (χ1n) is 6.14. The molecule has 0 radical (unpaired) electrons. The van der Waals surface area contributed by atoms with E-state index < -0.39 is 0 Å². The van der Waals surface area contributed by atoms with Crippen molar-refractivity contribution in [2.24, 2.45) is 0 Å². The van der Waals surface area contributed by atoms with Crippen molar-refractivity contribution in [3.05, 3.63) is 16.6 Å². The molecule has 7 nitrogen and oxygen atoms in total. The summed E-state index contributed by atoms with van der Waals surface area (Å²) in [6.07, 6.45) is 0.250. The van der Waals surface area contributed by atoms with Gasteiger partial charge in [-0.25, -0.2) is 4.98 Å².